The third-order valence-corrected chi connectivity index (χ3v) is 5.23. The maximum atomic E-state index is 12.1. The molecule has 0 aliphatic heterocycles. The summed E-state index contributed by atoms with van der Waals surface area (Å²) < 4.78 is 30.3. The van der Waals surface area contributed by atoms with Crippen LogP contribution in [0, 0.1) is 6.92 Å². The summed E-state index contributed by atoms with van der Waals surface area (Å²) in [6.07, 6.45) is 2.89. The first-order chi connectivity index (χ1) is 12.8. The lowest BCUT2D eigenvalue weighted by Gasteiger charge is -2.08. The van der Waals surface area contributed by atoms with Crippen molar-refractivity contribution in [2.45, 2.75) is 11.8 Å². The van der Waals surface area contributed by atoms with Gasteiger partial charge in [0.1, 0.15) is 0 Å². The fourth-order valence-electron chi connectivity index (χ4n) is 2.22. The third-order valence-electron chi connectivity index (χ3n) is 3.80. The quantitative estimate of drug-likeness (QED) is 0.584. The summed E-state index contributed by atoms with van der Waals surface area (Å²) in [6, 6.07) is 11.0. The molecule has 0 unspecified atom stereocenters. The molecule has 0 heterocycles. The van der Waals surface area contributed by atoms with E-state index >= 15 is 0 Å². The molecule has 0 atom stereocenters. The summed E-state index contributed by atoms with van der Waals surface area (Å²) in [5.74, 6) is -0.871. The van der Waals surface area contributed by atoms with Crippen LogP contribution in [-0.4, -0.2) is 34.5 Å². The molecule has 0 fully saturated rings. The minimum Gasteiger partial charge on any atom is -0.465 e. The summed E-state index contributed by atoms with van der Waals surface area (Å²) in [5.41, 5.74) is 2.30. The van der Waals surface area contributed by atoms with Crippen LogP contribution in [0.2, 0.25) is 0 Å². The molecule has 8 heteroatoms. The number of sulfonamides is 1. The van der Waals surface area contributed by atoms with Crippen LogP contribution in [0.5, 0.6) is 0 Å². The Hall–Kier alpha value is -2.97. The zero-order valence-corrected chi connectivity index (χ0v) is 16.0. The van der Waals surface area contributed by atoms with Crippen molar-refractivity contribution in [3.8, 4) is 0 Å². The summed E-state index contributed by atoms with van der Waals surface area (Å²) in [7, 11) is -0.870. The molecule has 0 saturated heterocycles. The molecule has 0 aliphatic carbocycles. The van der Waals surface area contributed by atoms with Gasteiger partial charge in [0.15, 0.2) is 0 Å². The second-order valence-electron chi connectivity index (χ2n) is 5.62. The van der Waals surface area contributed by atoms with E-state index in [0.717, 1.165) is 5.56 Å². The lowest BCUT2D eigenvalue weighted by molar-refractivity contribution is -0.111. The average molecular weight is 388 g/mol. The highest BCUT2D eigenvalue weighted by atomic mass is 32.2. The molecule has 0 aliphatic rings. The number of ether oxygens (including phenoxy) is 1. The molecule has 7 nitrogen and oxygen atoms in total. The molecule has 0 saturated carbocycles. The number of nitrogens with one attached hydrogen (secondary N) is 2. The minimum atomic E-state index is -3.50. The van der Waals surface area contributed by atoms with Gasteiger partial charge in [0.25, 0.3) is 0 Å². The fraction of sp³-hybridized carbons (Fsp3) is 0.158. The standard InChI is InChI=1S/C19H20N2O5S/c1-13-4-8-15(19(23)26-3)12-17(13)21-18(22)11-7-14-5-9-16(10-6-14)27(24,25)20-2/h4-12,20H,1-3H3,(H,21,22)/b11-7+. The molecule has 2 rings (SSSR count). The summed E-state index contributed by atoms with van der Waals surface area (Å²) in [4.78, 5) is 23.9. The van der Waals surface area contributed by atoms with Gasteiger partial charge in [0.05, 0.1) is 17.6 Å². The number of esters is 1. The van der Waals surface area contributed by atoms with E-state index in [2.05, 4.69) is 14.8 Å². The highest BCUT2D eigenvalue weighted by Crippen LogP contribution is 2.18. The van der Waals surface area contributed by atoms with Gasteiger partial charge >= 0.3 is 5.97 Å². The largest absolute Gasteiger partial charge is 0.465 e. The van der Waals surface area contributed by atoms with E-state index in [9.17, 15) is 18.0 Å². The Labute approximate surface area is 158 Å². The third kappa shape index (κ3) is 5.25. The van der Waals surface area contributed by atoms with Crippen molar-refractivity contribution in [2.24, 2.45) is 0 Å². The number of aryl methyl sites for hydroxylation is 1. The van der Waals surface area contributed by atoms with Gasteiger partial charge in [-0.15, -0.1) is 0 Å². The monoisotopic (exact) mass is 388 g/mol. The van der Waals surface area contributed by atoms with Crippen molar-refractivity contribution in [3.05, 3.63) is 65.2 Å². The van der Waals surface area contributed by atoms with Crippen LogP contribution >= 0.6 is 0 Å². The fourth-order valence-corrected chi connectivity index (χ4v) is 2.95. The number of hydrogen-bond donors (Lipinski definition) is 2. The second-order valence-corrected chi connectivity index (χ2v) is 7.51. The second kappa shape index (κ2) is 8.61. The van der Waals surface area contributed by atoms with E-state index in [-0.39, 0.29) is 10.8 Å². The van der Waals surface area contributed by atoms with Crippen molar-refractivity contribution < 1.29 is 22.7 Å². The van der Waals surface area contributed by atoms with Gasteiger partial charge in [-0.1, -0.05) is 18.2 Å². The molecule has 0 radical (unpaired) electrons. The van der Waals surface area contributed by atoms with Crippen molar-refractivity contribution in [1.29, 1.82) is 0 Å². The maximum absolute atomic E-state index is 12.1. The minimum absolute atomic E-state index is 0.141. The van der Waals surface area contributed by atoms with Crippen molar-refractivity contribution in [1.82, 2.24) is 4.72 Å². The molecular weight excluding hydrogens is 368 g/mol. The van der Waals surface area contributed by atoms with E-state index in [1.54, 1.807) is 43.3 Å². The lowest BCUT2D eigenvalue weighted by atomic mass is 10.1. The van der Waals surface area contributed by atoms with E-state index in [1.807, 2.05) is 0 Å². The zero-order chi connectivity index (χ0) is 20.0. The molecule has 0 bridgehead atoms. The Morgan fingerprint density at radius 1 is 1.07 bits per heavy atom. The summed E-state index contributed by atoms with van der Waals surface area (Å²) in [5, 5.41) is 2.71. The topological polar surface area (TPSA) is 102 Å². The van der Waals surface area contributed by atoms with Crippen LogP contribution in [0.1, 0.15) is 21.5 Å². The molecule has 27 heavy (non-hydrogen) atoms. The summed E-state index contributed by atoms with van der Waals surface area (Å²) in [6.45, 7) is 1.81. The van der Waals surface area contributed by atoms with Crippen molar-refractivity contribution in [2.75, 3.05) is 19.5 Å². The average Bonchev–Trinajstić information content (AvgIpc) is 2.67. The van der Waals surface area contributed by atoms with Crippen LogP contribution in [0.3, 0.4) is 0 Å². The van der Waals surface area contributed by atoms with Gasteiger partial charge in [-0.3, -0.25) is 4.79 Å². The lowest BCUT2D eigenvalue weighted by Crippen LogP contribution is -2.18. The number of methoxy groups -OCH3 is 1. The molecule has 142 valence electrons. The van der Waals surface area contributed by atoms with E-state index < -0.39 is 16.0 Å². The Bertz CT molecular complexity index is 980. The first kappa shape index (κ1) is 20.3. The normalized spacial score (nSPS) is 11.4. The van der Waals surface area contributed by atoms with Crippen LogP contribution in [0.25, 0.3) is 6.08 Å². The van der Waals surface area contributed by atoms with Gasteiger partial charge < -0.3 is 10.1 Å². The predicted molar refractivity (Wildman–Crippen MR) is 103 cm³/mol. The predicted octanol–water partition coefficient (Wildman–Crippen LogP) is 2.34. The number of carbonyl (C=O) groups is 2. The molecule has 2 aromatic rings. The highest BCUT2D eigenvalue weighted by Gasteiger charge is 2.11. The van der Waals surface area contributed by atoms with Crippen LogP contribution in [0.4, 0.5) is 5.69 Å². The first-order valence-electron chi connectivity index (χ1n) is 7.98. The van der Waals surface area contributed by atoms with Crippen LogP contribution in [0.15, 0.2) is 53.4 Å². The molecule has 2 N–H and O–H groups in total. The maximum Gasteiger partial charge on any atom is 0.337 e. The molecular formula is C19H20N2O5S. The van der Waals surface area contributed by atoms with Gasteiger partial charge in [0.2, 0.25) is 15.9 Å². The molecule has 1 amide bonds. The highest BCUT2D eigenvalue weighted by molar-refractivity contribution is 7.89. The first-order valence-corrected chi connectivity index (χ1v) is 9.47. The van der Waals surface area contributed by atoms with Crippen LogP contribution < -0.4 is 10.0 Å². The number of carbonyl (C=O) groups excluding carboxylic acids is 2. The molecule has 0 spiro atoms. The Balaban J connectivity index is 2.11. The van der Waals surface area contributed by atoms with Gasteiger partial charge in [-0.25, -0.2) is 17.9 Å². The van der Waals surface area contributed by atoms with Gasteiger partial charge in [-0.2, -0.15) is 0 Å². The van der Waals surface area contributed by atoms with Crippen molar-refractivity contribution >= 4 is 33.7 Å². The number of amides is 1. The van der Waals surface area contributed by atoms with Gasteiger partial charge in [0, 0.05) is 11.8 Å². The smallest absolute Gasteiger partial charge is 0.337 e. The molecule has 0 aromatic heterocycles. The zero-order valence-electron chi connectivity index (χ0n) is 15.1. The Morgan fingerprint density at radius 2 is 1.74 bits per heavy atom. The summed E-state index contributed by atoms with van der Waals surface area (Å²) >= 11 is 0. The van der Waals surface area contributed by atoms with Crippen molar-refractivity contribution in [3.63, 3.8) is 0 Å². The SMILES string of the molecule is CNS(=O)(=O)c1ccc(/C=C/C(=O)Nc2cc(C(=O)OC)ccc2C)cc1. The number of anilines is 1. The van der Waals surface area contributed by atoms with E-state index in [1.165, 1.54) is 32.4 Å². The van der Waals surface area contributed by atoms with E-state index in [4.69, 9.17) is 0 Å². The van der Waals surface area contributed by atoms with Crippen LogP contribution in [-0.2, 0) is 19.6 Å². The molecule has 2 aromatic carbocycles. The van der Waals surface area contributed by atoms with Gasteiger partial charge in [-0.05, 0) is 55.4 Å². The number of benzene rings is 2. The number of hydrogen-bond acceptors (Lipinski definition) is 5. The van der Waals surface area contributed by atoms with E-state index in [0.29, 0.717) is 16.8 Å². The Kier molecular flexibility index (Phi) is 6.49. The Morgan fingerprint density at radius 3 is 2.33 bits per heavy atom. The number of rotatable bonds is 6.